The number of pyridine rings is 1. The third kappa shape index (κ3) is 5.79. The van der Waals surface area contributed by atoms with Crippen molar-refractivity contribution >= 4 is 28.5 Å². The predicted molar refractivity (Wildman–Crippen MR) is 113 cm³/mol. The van der Waals surface area contributed by atoms with Crippen LogP contribution in [-0.2, 0) is 9.53 Å². The topological polar surface area (TPSA) is 79.7 Å². The molecule has 6 nitrogen and oxygen atoms in total. The van der Waals surface area contributed by atoms with E-state index in [-0.39, 0.29) is 6.09 Å². The number of carboxylic acids is 1. The van der Waals surface area contributed by atoms with Gasteiger partial charge in [-0.05, 0) is 69.2 Å². The van der Waals surface area contributed by atoms with Crippen LogP contribution >= 0.6 is 0 Å². The highest BCUT2D eigenvalue weighted by molar-refractivity contribution is 5.91. The number of ether oxygens (including phenoxy) is 1. The maximum Gasteiger partial charge on any atom is 0.410 e. The van der Waals surface area contributed by atoms with Crippen molar-refractivity contribution in [3.63, 3.8) is 0 Å². The number of aromatic nitrogens is 1. The van der Waals surface area contributed by atoms with Crippen molar-refractivity contribution < 1.29 is 19.4 Å². The largest absolute Gasteiger partial charge is 0.478 e. The quantitative estimate of drug-likeness (QED) is 0.755. The number of benzene rings is 1. The first kappa shape index (κ1) is 20.8. The molecule has 2 aromatic rings. The molecule has 3 rings (SSSR count). The Morgan fingerprint density at radius 1 is 1.24 bits per heavy atom. The van der Waals surface area contributed by atoms with Gasteiger partial charge in [0.05, 0.1) is 5.52 Å². The Morgan fingerprint density at radius 2 is 1.93 bits per heavy atom. The van der Waals surface area contributed by atoms with Gasteiger partial charge in [-0.2, -0.15) is 0 Å². The minimum absolute atomic E-state index is 0.281. The summed E-state index contributed by atoms with van der Waals surface area (Å²) < 4.78 is 5.45. The van der Waals surface area contributed by atoms with Crippen LogP contribution in [0.4, 0.5) is 4.79 Å². The van der Waals surface area contributed by atoms with E-state index >= 15 is 0 Å². The molecule has 1 amide bonds. The highest BCUT2D eigenvalue weighted by Crippen LogP contribution is 2.30. The Hall–Kier alpha value is -2.89. The molecule has 2 heterocycles. The monoisotopic (exact) mass is 396 g/mol. The zero-order valence-electron chi connectivity index (χ0n) is 17.2. The lowest BCUT2D eigenvalue weighted by Crippen LogP contribution is -2.41. The lowest BCUT2D eigenvalue weighted by Gasteiger charge is -2.33. The first-order valence-corrected chi connectivity index (χ1v) is 9.98. The molecule has 0 atom stereocenters. The van der Waals surface area contributed by atoms with Gasteiger partial charge in [0.25, 0.3) is 0 Å². The molecular weight excluding hydrogens is 368 g/mol. The van der Waals surface area contributed by atoms with Crippen LogP contribution in [0.15, 0.2) is 42.6 Å². The van der Waals surface area contributed by atoms with E-state index in [2.05, 4.69) is 4.98 Å². The average molecular weight is 396 g/mol. The summed E-state index contributed by atoms with van der Waals surface area (Å²) in [7, 11) is 0. The maximum atomic E-state index is 12.2. The van der Waals surface area contributed by atoms with E-state index in [1.165, 1.54) is 6.08 Å². The third-order valence-electron chi connectivity index (χ3n) is 5.03. The van der Waals surface area contributed by atoms with Gasteiger partial charge in [0.2, 0.25) is 0 Å². The van der Waals surface area contributed by atoms with Gasteiger partial charge in [0, 0.05) is 30.7 Å². The summed E-state index contributed by atoms with van der Waals surface area (Å²) in [5.74, 6) is -0.648. The molecule has 0 unspecified atom stereocenters. The lowest BCUT2D eigenvalue weighted by atomic mass is 9.87. The number of hydrogen-bond acceptors (Lipinski definition) is 4. The normalized spacial score (nSPS) is 16.1. The number of fused-ring (bicyclic) bond motifs is 1. The van der Waals surface area contributed by atoms with E-state index in [1.54, 1.807) is 11.1 Å². The SMILES string of the molecule is CC(C)(C)OC(=O)N1CCC(C/C(=C/C(=O)O)c2cnc3ccccc3c2)CC1. The Balaban J connectivity index is 1.69. The van der Waals surface area contributed by atoms with Gasteiger partial charge in [0.15, 0.2) is 0 Å². The predicted octanol–water partition coefficient (Wildman–Crippen LogP) is 4.74. The maximum absolute atomic E-state index is 12.2. The number of para-hydroxylation sites is 1. The molecule has 1 aliphatic heterocycles. The second kappa shape index (κ2) is 8.64. The molecule has 1 aromatic carbocycles. The standard InChI is InChI=1S/C23H28N2O4/c1-23(2,3)29-22(28)25-10-8-16(9-11-25)12-18(14-21(26)27)19-13-17-6-4-5-7-20(17)24-15-19/h4-7,13-16H,8-12H2,1-3H3,(H,26,27)/b18-14-. The summed E-state index contributed by atoms with van der Waals surface area (Å²) in [6.07, 6.45) is 5.03. The molecule has 1 aliphatic rings. The molecule has 0 radical (unpaired) electrons. The van der Waals surface area contributed by atoms with Crippen LogP contribution in [0.25, 0.3) is 16.5 Å². The minimum Gasteiger partial charge on any atom is -0.478 e. The van der Waals surface area contributed by atoms with Gasteiger partial charge in [-0.25, -0.2) is 9.59 Å². The van der Waals surface area contributed by atoms with Crippen molar-refractivity contribution in [2.24, 2.45) is 5.92 Å². The van der Waals surface area contributed by atoms with Gasteiger partial charge < -0.3 is 14.7 Å². The first-order valence-electron chi connectivity index (χ1n) is 9.98. The second-order valence-electron chi connectivity index (χ2n) is 8.54. The molecule has 1 saturated heterocycles. The fraction of sp³-hybridized carbons (Fsp3) is 0.435. The minimum atomic E-state index is -0.959. The van der Waals surface area contributed by atoms with E-state index < -0.39 is 11.6 Å². The Bertz CT molecular complexity index is 922. The number of hydrogen-bond donors (Lipinski definition) is 1. The summed E-state index contributed by atoms with van der Waals surface area (Å²) in [5, 5.41) is 10.3. The summed E-state index contributed by atoms with van der Waals surface area (Å²) in [6.45, 7) is 6.82. The van der Waals surface area contributed by atoms with Gasteiger partial charge in [0.1, 0.15) is 5.60 Å². The van der Waals surface area contributed by atoms with Crippen LogP contribution in [0, 0.1) is 5.92 Å². The molecule has 0 saturated carbocycles. The summed E-state index contributed by atoms with van der Waals surface area (Å²) in [5.41, 5.74) is 1.98. The highest BCUT2D eigenvalue weighted by Gasteiger charge is 2.27. The van der Waals surface area contributed by atoms with Crippen LogP contribution in [0.2, 0.25) is 0 Å². The molecule has 0 aliphatic carbocycles. The Morgan fingerprint density at radius 3 is 2.59 bits per heavy atom. The molecular formula is C23H28N2O4. The van der Waals surface area contributed by atoms with Gasteiger partial charge in [-0.3, -0.25) is 4.98 Å². The van der Waals surface area contributed by atoms with Crippen molar-refractivity contribution in [1.29, 1.82) is 0 Å². The van der Waals surface area contributed by atoms with Gasteiger partial charge in [-0.1, -0.05) is 18.2 Å². The summed E-state index contributed by atoms with van der Waals surface area (Å²) in [6, 6.07) is 9.78. The van der Waals surface area contributed by atoms with E-state index in [9.17, 15) is 14.7 Å². The Labute approximate surface area is 171 Å². The van der Waals surface area contributed by atoms with Crippen molar-refractivity contribution in [2.45, 2.75) is 45.6 Å². The molecule has 1 fully saturated rings. The number of rotatable bonds is 4. The smallest absolute Gasteiger partial charge is 0.410 e. The van der Waals surface area contributed by atoms with E-state index in [1.807, 2.05) is 51.1 Å². The summed E-state index contributed by atoms with van der Waals surface area (Å²) >= 11 is 0. The number of piperidine rings is 1. The van der Waals surface area contributed by atoms with E-state index in [0.29, 0.717) is 25.4 Å². The fourth-order valence-corrected chi connectivity index (χ4v) is 3.61. The number of allylic oxidation sites excluding steroid dienone is 1. The van der Waals surface area contributed by atoms with Crippen LogP contribution in [0.3, 0.4) is 0 Å². The number of likely N-dealkylation sites (tertiary alicyclic amines) is 1. The number of carboxylic acid groups (broad SMARTS) is 1. The van der Waals surface area contributed by atoms with Crippen molar-refractivity contribution in [3.8, 4) is 0 Å². The zero-order valence-corrected chi connectivity index (χ0v) is 17.2. The number of amides is 1. The van der Waals surface area contributed by atoms with Gasteiger partial charge >= 0.3 is 12.1 Å². The molecule has 29 heavy (non-hydrogen) atoms. The third-order valence-corrected chi connectivity index (χ3v) is 5.03. The van der Waals surface area contributed by atoms with Crippen molar-refractivity contribution in [3.05, 3.63) is 48.2 Å². The molecule has 1 aromatic heterocycles. The van der Waals surface area contributed by atoms with Crippen molar-refractivity contribution in [1.82, 2.24) is 9.88 Å². The number of nitrogens with zero attached hydrogens (tertiary/aromatic N) is 2. The molecule has 6 heteroatoms. The molecule has 1 N–H and O–H groups in total. The fourth-order valence-electron chi connectivity index (χ4n) is 3.61. The number of carbonyl (C=O) groups excluding carboxylic acids is 1. The molecule has 0 bridgehead atoms. The van der Waals surface area contributed by atoms with E-state index in [0.717, 1.165) is 34.9 Å². The zero-order chi connectivity index (χ0) is 21.0. The summed E-state index contributed by atoms with van der Waals surface area (Å²) in [4.78, 5) is 29.8. The van der Waals surface area contributed by atoms with Crippen LogP contribution in [-0.4, -0.2) is 45.7 Å². The average Bonchev–Trinajstić information content (AvgIpc) is 2.66. The number of aliphatic carboxylic acids is 1. The van der Waals surface area contributed by atoms with Gasteiger partial charge in [-0.15, -0.1) is 0 Å². The van der Waals surface area contributed by atoms with Crippen molar-refractivity contribution in [2.75, 3.05) is 13.1 Å². The van der Waals surface area contributed by atoms with E-state index in [4.69, 9.17) is 4.74 Å². The molecule has 0 spiro atoms. The highest BCUT2D eigenvalue weighted by atomic mass is 16.6. The lowest BCUT2D eigenvalue weighted by molar-refractivity contribution is -0.131. The van der Waals surface area contributed by atoms with Crippen LogP contribution in [0.5, 0.6) is 0 Å². The molecule has 154 valence electrons. The Kier molecular flexibility index (Phi) is 6.20. The second-order valence-corrected chi connectivity index (χ2v) is 8.54. The van der Waals surface area contributed by atoms with Crippen LogP contribution in [0.1, 0.15) is 45.6 Å². The number of carbonyl (C=O) groups is 2. The first-order chi connectivity index (χ1) is 13.7. The van der Waals surface area contributed by atoms with Crippen LogP contribution < -0.4 is 0 Å².